The third-order valence-electron chi connectivity index (χ3n) is 8.41. The van der Waals surface area contributed by atoms with Crippen LogP contribution in [0.25, 0.3) is 22.1 Å². The van der Waals surface area contributed by atoms with E-state index in [9.17, 15) is 14.7 Å². The van der Waals surface area contributed by atoms with E-state index in [1.807, 2.05) is 24.3 Å². The summed E-state index contributed by atoms with van der Waals surface area (Å²) >= 11 is 6.06. The second-order valence-corrected chi connectivity index (χ2v) is 11.4. The van der Waals surface area contributed by atoms with E-state index in [-0.39, 0.29) is 17.5 Å². The van der Waals surface area contributed by atoms with Gasteiger partial charge in [-0.25, -0.2) is 4.98 Å². The van der Waals surface area contributed by atoms with Gasteiger partial charge in [0.05, 0.1) is 29.5 Å². The molecule has 7 nitrogen and oxygen atoms in total. The van der Waals surface area contributed by atoms with Gasteiger partial charge < -0.3 is 19.4 Å². The molecule has 206 valence electrons. The molecule has 8 heteroatoms. The molecule has 5 aromatic rings. The Balaban J connectivity index is 1.19. The van der Waals surface area contributed by atoms with Crippen LogP contribution in [0, 0.1) is 0 Å². The minimum atomic E-state index is -1.35. The van der Waals surface area contributed by atoms with Gasteiger partial charge in [0.2, 0.25) is 0 Å². The number of aliphatic hydroxyl groups is 1. The number of para-hydroxylation sites is 1. The highest BCUT2D eigenvalue weighted by Gasteiger charge is 2.49. The quantitative estimate of drug-likeness (QED) is 0.275. The molecule has 1 amide bonds. The van der Waals surface area contributed by atoms with E-state index < -0.39 is 12.0 Å². The van der Waals surface area contributed by atoms with Crippen molar-refractivity contribution in [2.75, 3.05) is 6.54 Å². The Morgan fingerprint density at radius 1 is 1.07 bits per heavy atom. The van der Waals surface area contributed by atoms with E-state index in [2.05, 4.69) is 29.2 Å². The van der Waals surface area contributed by atoms with Crippen molar-refractivity contribution >= 4 is 28.5 Å². The molecule has 2 N–H and O–H groups in total. The summed E-state index contributed by atoms with van der Waals surface area (Å²) in [6.45, 7) is 0.526. The van der Waals surface area contributed by atoms with Crippen molar-refractivity contribution in [3.8, 4) is 11.1 Å². The van der Waals surface area contributed by atoms with E-state index in [4.69, 9.17) is 21.0 Å². The largest absolute Gasteiger partial charge is 0.464 e. The normalized spacial score (nSPS) is 16.7. The molecule has 0 saturated heterocycles. The van der Waals surface area contributed by atoms with Gasteiger partial charge in [-0.2, -0.15) is 0 Å². The molecule has 0 bridgehead atoms. The fraction of sp³-hybridized carbons (Fsp3) is 0.242. The zero-order valence-corrected chi connectivity index (χ0v) is 23.0. The van der Waals surface area contributed by atoms with Crippen LogP contribution in [0.3, 0.4) is 0 Å². The minimum Gasteiger partial charge on any atom is -0.464 e. The van der Waals surface area contributed by atoms with Gasteiger partial charge in [0.15, 0.2) is 6.10 Å². The maximum atomic E-state index is 13.5. The first-order valence-corrected chi connectivity index (χ1v) is 14.2. The van der Waals surface area contributed by atoms with Gasteiger partial charge in [0.25, 0.3) is 11.5 Å². The number of carbonyl (C=O) groups is 1. The summed E-state index contributed by atoms with van der Waals surface area (Å²) in [5.41, 5.74) is 5.09. The highest BCUT2D eigenvalue weighted by molar-refractivity contribution is 6.30. The number of hydrogen-bond donors (Lipinski definition) is 2. The fourth-order valence-electron chi connectivity index (χ4n) is 6.00. The number of aryl methyl sites for hydroxylation is 1. The lowest BCUT2D eigenvalue weighted by Crippen LogP contribution is -2.36. The summed E-state index contributed by atoms with van der Waals surface area (Å²) in [7, 11) is 0. The molecule has 3 heterocycles. The van der Waals surface area contributed by atoms with E-state index in [0.29, 0.717) is 41.4 Å². The lowest BCUT2D eigenvalue weighted by atomic mass is 9.91. The fourth-order valence-corrected chi connectivity index (χ4v) is 6.20. The third kappa shape index (κ3) is 4.55. The van der Waals surface area contributed by atoms with Gasteiger partial charge in [0.1, 0.15) is 11.4 Å². The van der Waals surface area contributed by atoms with Crippen LogP contribution >= 0.6 is 11.6 Å². The second-order valence-electron chi connectivity index (χ2n) is 11.0. The van der Waals surface area contributed by atoms with E-state index >= 15 is 0 Å². The SMILES string of the molecule is O=C([C@H](O)c1cccc(Cl)c1)N1CCCc2nc(C3(c4cccc(-c5coc6ccccc56)c4)CC3)[nH]c(=O)c2C1. The molecule has 1 atom stereocenters. The molecule has 0 spiro atoms. The van der Waals surface area contributed by atoms with E-state index in [1.165, 1.54) is 0 Å². The van der Waals surface area contributed by atoms with E-state index in [1.54, 1.807) is 35.4 Å². The Morgan fingerprint density at radius 2 is 1.90 bits per heavy atom. The Labute approximate surface area is 241 Å². The van der Waals surface area contributed by atoms with E-state index in [0.717, 1.165) is 46.2 Å². The number of nitrogens with zero attached hydrogens (tertiary/aromatic N) is 2. The Kier molecular flexibility index (Phi) is 6.29. The number of amides is 1. The summed E-state index contributed by atoms with van der Waals surface area (Å²) in [5.74, 6) is 0.222. The number of aromatic nitrogens is 2. The van der Waals surface area contributed by atoms with Gasteiger partial charge in [-0.15, -0.1) is 0 Å². The molecule has 2 aromatic heterocycles. The molecule has 41 heavy (non-hydrogen) atoms. The van der Waals surface area contributed by atoms with Gasteiger partial charge in [0, 0.05) is 22.5 Å². The first kappa shape index (κ1) is 25.7. The first-order chi connectivity index (χ1) is 19.9. The number of hydrogen-bond acceptors (Lipinski definition) is 5. The highest BCUT2D eigenvalue weighted by Crippen LogP contribution is 2.52. The van der Waals surface area contributed by atoms with Crippen LogP contribution in [0.1, 0.15) is 53.6 Å². The lowest BCUT2D eigenvalue weighted by Gasteiger charge is -2.24. The van der Waals surface area contributed by atoms with Crippen LogP contribution < -0.4 is 5.56 Å². The van der Waals surface area contributed by atoms with Crippen molar-refractivity contribution in [3.63, 3.8) is 0 Å². The summed E-state index contributed by atoms with van der Waals surface area (Å²) < 4.78 is 5.78. The van der Waals surface area contributed by atoms with Crippen LogP contribution in [-0.2, 0) is 23.2 Å². The van der Waals surface area contributed by atoms with Crippen molar-refractivity contribution in [1.82, 2.24) is 14.9 Å². The lowest BCUT2D eigenvalue weighted by molar-refractivity contribution is -0.141. The number of rotatable bonds is 5. The molecule has 1 aliphatic heterocycles. The summed E-state index contributed by atoms with van der Waals surface area (Å²) in [5, 5.41) is 12.3. The monoisotopic (exact) mass is 565 g/mol. The Morgan fingerprint density at radius 3 is 2.73 bits per heavy atom. The molecule has 1 saturated carbocycles. The maximum absolute atomic E-state index is 13.5. The van der Waals surface area contributed by atoms with Gasteiger partial charge in [-0.3, -0.25) is 9.59 Å². The van der Waals surface area contributed by atoms with Crippen LogP contribution in [0.5, 0.6) is 0 Å². The number of halogens is 1. The van der Waals surface area contributed by atoms with Crippen molar-refractivity contribution in [2.45, 2.75) is 43.7 Å². The van der Waals surface area contributed by atoms with Crippen LogP contribution in [0.4, 0.5) is 0 Å². The molecule has 1 fully saturated rings. The van der Waals surface area contributed by atoms with Crippen molar-refractivity contribution in [3.05, 3.63) is 123 Å². The molecule has 0 radical (unpaired) electrons. The average Bonchev–Trinajstić information content (AvgIpc) is 3.74. The number of nitrogens with one attached hydrogen (secondary N) is 1. The first-order valence-electron chi connectivity index (χ1n) is 13.8. The van der Waals surface area contributed by atoms with Crippen LogP contribution in [-0.4, -0.2) is 32.4 Å². The zero-order valence-electron chi connectivity index (χ0n) is 22.3. The van der Waals surface area contributed by atoms with Crippen molar-refractivity contribution < 1.29 is 14.3 Å². The molecule has 7 rings (SSSR count). The molecule has 2 aliphatic rings. The smallest absolute Gasteiger partial charge is 0.256 e. The van der Waals surface area contributed by atoms with Gasteiger partial charge in [-0.05, 0) is 66.6 Å². The number of aromatic amines is 1. The predicted molar refractivity (Wildman–Crippen MR) is 157 cm³/mol. The molecule has 0 unspecified atom stereocenters. The number of benzene rings is 3. The zero-order chi connectivity index (χ0) is 28.1. The number of H-pyrrole nitrogens is 1. The Bertz CT molecular complexity index is 1860. The number of fused-ring (bicyclic) bond motifs is 2. The predicted octanol–water partition coefficient (Wildman–Crippen LogP) is 5.92. The number of aliphatic hydroxyl groups excluding tert-OH is 1. The molecule has 3 aromatic carbocycles. The number of furan rings is 1. The van der Waals surface area contributed by atoms with Crippen LogP contribution in [0.15, 0.2) is 88.3 Å². The highest BCUT2D eigenvalue weighted by atomic mass is 35.5. The van der Waals surface area contributed by atoms with Crippen LogP contribution in [0.2, 0.25) is 5.02 Å². The Hall–Kier alpha value is -4.20. The third-order valence-corrected chi connectivity index (χ3v) is 8.65. The van der Waals surface area contributed by atoms with Crippen molar-refractivity contribution in [2.24, 2.45) is 0 Å². The van der Waals surface area contributed by atoms with Gasteiger partial charge >= 0.3 is 0 Å². The molecular weight excluding hydrogens is 538 g/mol. The topological polar surface area (TPSA) is 99.4 Å². The maximum Gasteiger partial charge on any atom is 0.256 e. The second kappa shape index (κ2) is 10.0. The molecular formula is C33H28ClN3O4. The standard InChI is InChI=1S/C33H28ClN3O4/c34-23-9-4-7-21(17-23)29(38)31(40)37-15-5-11-27-25(18-37)30(39)36-32(35-27)33(13-14-33)22-8-3-6-20(16-22)26-19-41-28-12-2-1-10-24(26)28/h1-4,6-10,12,16-17,19,29,38H,5,11,13-15,18H2,(H,35,36,39)/t29-/m1/s1. The average molecular weight is 566 g/mol. The summed E-state index contributed by atoms with van der Waals surface area (Å²) in [4.78, 5) is 36.3. The van der Waals surface area contributed by atoms with Gasteiger partial charge in [-0.1, -0.05) is 60.1 Å². The molecule has 1 aliphatic carbocycles. The van der Waals surface area contributed by atoms with Crippen molar-refractivity contribution in [1.29, 1.82) is 0 Å². The number of carbonyl (C=O) groups excluding carboxylic acids is 1. The summed E-state index contributed by atoms with van der Waals surface area (Å²) in [6.07, 6.45) is 3.45. The minimum absolute atomic E-state index is 0.102. The summed E-state index contributed by atoms with van der Waals surface area (Å²) in [6, 6.07) is 23.0.